The predicted molar refractivity (Wildman–Crippen MR) is 128 cm³/mol. The maximum absolute atomic E-state index is 5.61. The molecule has 4 aromatic heterocycles. The van der Waals surface area contributed by atoms with Gasteiger partial charge in [0.05, 0.1) is 18.4 Å². The largest absolute Gasteiger partial charge is 0.480 e. The number of methoxy groups -OCH3 is 1. The van der Waals surface area contributed by atoms with E-state index in [4.69, 9.17) is 9.72 Å². The number of aryl methyl sites for hydroxylation is 1. The summed E-state index contributed by atoms with van der Waals surface area (Å²) in [5.41, 5.74) is 5.88. The van der Waals surface area contributed by atoms with E-state index in [-0.39, 0.29) is 0 Å². The summed E-state index contributed by atoms with van der Waals surface area (Å²) in [4.78, 5) is 24.0. The Morgan fingerprint density at radius 3 is 2.69 bits per heavy atom. The van der Waals surface area contributed by atoms with Crippen LogP contribution in [0.1, 0.15) is 43.5 Å². The van der Waals surface area contributed by atoms with Gasteiger partial charge in [0.1, 0.15) is 5.65 Å². The van der Waals surface area contributed by atoms with Crippen LogP contribution in [0.2, 0.25) is 0 Å². The number of pyridine rings is 2. The first-order valence-electron chi connectivity index (χ1n) is 11.2. The first kappa shape index (κ1) is 21.7. The number of fused-ring (bicyclic) bond motifs is 1. The van der Waals surface area contributed by atoms with Gasteiger partial charge in [-0.15, -0.1) is 0 Å². The van der Waals surface area contributed by atoms with E-state index in [0.29, 0.717) is 11.8 Å². The molecule has 1 N–H and O–H groups in total. The molecular formula is C25H30N6O. The quantitative estimate of drug-likeness (QED) is 0.405. The molecule has 166 valence electrons. The van der Waals surface area contributed by atoms with Gasteiger partial charge in [-0.2, -0.15) is 4.98 Å². The lowest BCUT2D eigenvalue weighted by Gasteiger charge is -2.21. The van der Waals surface area contributed by atoms with E-state index in [2.05, 4.69) is 50.8 Å². The van der Waals surface area contributed by atoms with E-state index in [1.165, 1.54) is 11.1 Å². The van der Waals surface area contributed by atoms with Crippen LogP contribution in [0, 0.1) is 6.92 Å². The van der Waals surface area contributed by atoms with Crippen molar-refractivity contribution in [3.05, 3.63) is 59.7 Å². The van der Waals surface area contributed by atoms with E-state index < -0.39 is 0 Å². The lowest BCUT2D eigenvalue weighted by atomic mass is 10.0. The normalized spacial score (nSPS) is 11.1. The molecule has 0 amide bonds. The van der Waals surface area contributed by atoms with Gasteiger partial charge in [0.25, 0.3) is 0 Å². The zero-order valence-electron chi connectivity index (χ0n) is 19.2. The fourth-order valence-corrected chi connectivity index (χ4v) is 3.88. The monoisotopic (exact) mass is 430 g/mol. The Bertz CT molecular complexity index is 1200. The summed E-state index contributed by atoms with van der Waals surface area (Å²) in [6, 6.07) is 8.20. The molecule has 0 saturated heterocycles. The van der Waals surface area contributed by atoms with Crippen LogP contribution in [0.5, 0.6) is 5.88 Å². The second kappa shape index (κ2) is 9.77. The van der Waals surface area contributed by atoms with Gasteiger partial charge in [0.2, 0.25) is 11.8 Å². The van der Waals surface area contributed by atoms with Crippen molar-refractivity contribution in [1.82, 2.24) is 24.9 Å². The van der Waals surface area contributed by atoms with Gasteiger partial charge in [-0.1, -0.05) is 19.4 Å². The summed E-state index contributed by atoms with van der Waals surface area (Å²) in [6.07, 6.45) is 8.68. The molecule has 32 heavy (non-hydrogen) atoms. The Morgan fingerprint density at radius 1 is 1.06 bits per heavy atom. The van der Waals surface area contributed by atoms with Crippen LogP contribution in [-0.2, 0) is 6.42 Å². The Hall–Kier alpha value is -3.48. The Kier molecular flexibility index (Phi) is 6.63. The topological polar surface area (TPSA) is 79.8 Å². The van der Waals surface area contributed by atoms with Crippen LogP contribution >= 0.6 is 0 Å². The van der Waals surface area contributed by atoms with Gasteiger partial charge in [-0.25, -0.2) is 9.97 Å². The fraction of sp³-hybridized carbons (Fsp3) is 0.360. The SMILES string of the molecule is CCCCN(CC)c1ncc(-c2ccc(Cc3c[nH]c4ncccc34)c(C)n2)c(OC)n1. The second-order valence-electron chi connectivity index (χ2n) is 7.86. The molecule has 0 aliphatic heterocycles. The first-order valence-corrected chi connectivity index (χ1v) is 11.2. The second-order valence-corrected chi connectivity index (χ2v) is 7.86. The van der Waals surface area contributed by atoms with E-state index in [9.17, 15) is 0 Å². The number of rotatable bonds is 9. The van der Waals surface area contributed by atoms with Gasteiger partial charge in [0.15, 0.2) is 0 Å². The molecule has 0 aromatic carbocycles. The van der Waals surface area contributed by atoms with Crippen molar-refractivity contribution in [3.63, 3.8) is 0 Å². The number of ether oxygens (including phenoxy) is 1. The standard InChI is InChI=1S/C25H30N6O/c1-5-7-13-31(6-2)25-28-16-21(24(30-25)32-4)22-11-10-18(17(3)29-22)14-19-15-27-23-20(19)9-8-12-26-23/h8-12,15-16H,5-7,13-14H2,1-4H3,(H,26,27). The number of unbranched alkanes of at least 4 members (excludes halogenated alkanes) is 1. The average molecular weight is 431 g/mol. The van der Waals surface area contributed by atoms with Crippen molar-refractivity contribution in [2.45, 2.75) is 40.0 Å². The summed E-state index contributed by atoms with van der Waals surface area (Å²) in [5, 5.41) is 1.14. The molecule has 0 aliphatic rings. The molecule has 0 atom stereocenters. The van der Waals surface area contributed by atoms with Crippen LogP contribution in [0.4, 0.5) is 5.95 Å². The number of hydrogen-bond acceptors (Lipinski definition) is 6. The molecule has 4 rings (SSSR count). The van der Waals surface area contributed by atoms with Gasteiger partial charge in [0, 0.05) is 49.2 Å². The van der Waals surface area contributed by atoms with Crippen LogP contribution in [0.3, 0.4) is 0 Å². The number of H-pyrrole nitrogens is 1. The lowest BCUT2D eigenvalue weighted by Crippen LogP contribution is -2.26. The molecule has 4 heterocycles. The minimum Gasteiger partial charge on any atom is -0.480 e. The van der Waals surface area contributed by atoms with Crippen LogP contribution in [0.25, 0.3) is 22.3 Å². The van der Waals surface area contributed by atoms with Gasteiger partial charge < -0.3 is 14.6 Å². The number of anilines is 1. The smallest absolute Gasteiger partial charge is 0.228 e. The molecule has 4 aromatic rings. The Balaban J connectivity index is 1.60. The molecule has 0 saturated carbocycles. The Labute approximate surface area is 188 Å². The summed E-state index contributed by atoms with van der Waals surface area (Å²) in [5.74, 6) is 1.25. The van der Waals surface area contributed by atoms with E-state index >= 15 is 0 Å². The molecule has 0 unspecified atom stereocenters. The predicted octanol–water partition coefficient (Wildman–Crippen LogP) is 4.95. The molecule has 0 fully saturated rings. The third-order valence-electron chi connectivity index (χ3n) is 5.77. The minimum atomic E-state index is 0.548. The number of nitrogens with zero attached hydrogens (tertiary/aromatic N) is 5. The molecule has 0 aliphatic carbocycles. The maximum Gasteiger partial charge on any atom is 0.228 e. The summed E-state index contributed by atoms with van der Waals surface area (Å²) in [7, 11) is 1.64. The minimum absolute atomic E-state index is 0.548. The first-order chi connectivity index (χ1) is 15.6. The van der Waals surface area contributed by atoms with Crippen LogP contribution in [-0.4, -0.2) is 45.1 Å². The summed E-state index contributed by atoms with van der Waals surface area (Å²) < 4.78 is 5.61. The van der Waals surface area contributed by atoms with Crippen molar-refractivity contribution in [2.75, 3.05) is 25.1 Å². The van der Waals surface area contributed by atoms with E-state index in [1.807, 2.05) is 31.5 Å². The average Bonchev–Trinajstić information content (AvgIpc) is 3.23. The number of aromatic amines is 1. The van der Waals surface area contributed by atoms with Gasteiger partial charge >= 0.3 is 0 Å². The highest BCUT2D eigenvalue weighted by atomic mass is 16.5. The Morgan fingerprint density at radius 2 is 1.94 bits per heavy atom. The number of aromatic nitrogens is 5. The van der Waals surface area contributed by atoms with E-state index in [1.54, 1.807) is 13.3 Å². The highest BCUT2D eigenvalue weighted by Gasteiger charge is 2.16. The van der Waals surface area contributed by atoms with Crippen LogP contribution < -0.4 is 9.64 Å². The number of nitrogens with one attached hydrogen (secondary N) is 1. The van der Waals surface area contributed by atoms with Crippen LogP contribution in [0.15, 0.2) is 42.9 Å². The lowest BCUT2D eigenvalue weighted by molar-refractivity contribution is 0.398. The maximum atomic E-state index is 5.61. The van der Waals surface area contributed by atoms with Crippen molar-refractivity contribution in [1.29, 1.82) is 0 Å². The molecule has 0 radical (unpaired) electrons. The van der Waals surface area contributed by atoms with Crippen molar-refractivity contribution < 1.29 is 4.74 Å². The molecule has 0 bridgehead atoms. The third-order valence-corrected chi connectivity index (χ3v) is 5.77. The van der Waals surface area contributed by atoms with Gasteiger partial charge in [-0.05, 0) is 49.6 Å². The third kappa shape index (κ3) is 4.42. The fourth-order valence-electron chi connectivity index (χ4n) is 3.88. The highest BCUT2D eigenvalue weighted by Crippen LogP contribution is 2.29. The zero-order chi connectivity index (χ0) is 22.5. The summed E-state index contributed by atoms with van der Waals surface area (Å²) >= 11 is 0. The molecule has 7 heteroatoms. The van der Waals surface area contributed by atoms with Crippen molar-refractivity contribution in [2.24, 2.45) is 0 Å². The highest BCUT2D eigenvalue weighted by molar-refractivity contribution is 5.80. The zero-order valence-corrected chi connectivity index (χ0v) is 19.2. The molecule has 7 nitrogen and oxygen atoms in total. The number of hydrogen-bond donors (Lipinski definition) is 1. The van der Waals surface area contributed by atoms with Crippen molar-refractivity contribution in [3.8, 4) is 17.1 Å². The van der Waals surface area contributed by atoms with E-state index in [0.717, 1.165) is 60.3 Å². The molecule has 0 spiro atoms. The van der Waals surface area contributed by atoms with Gasteiger partial charge in [-0.3, -0.25) is 4.98 Å². The summed E-state index contributed by atoms with van der Waals surface area (Å²) in [6.45, 7) is 8.14. The molecular weight excluding hydrogens is 400 g/mol. The van der Waals surface area contributed by atoms with Crippen molar-refractivity contribution >= 4 is 17.0 Å².